The molecule has 1 atom stereocenters. The Morgan fingerprint density at radius 2 is 2.33 bits per heavy atom. The first-order valence-electron chi connectivity index (χ1n) is 4.87. The molecule has 0 amide bonds. The highest BCUT2D eigenvalue weighted by Gasteiger charge is 2.06. The first-order chi connectivity index (χ1) is 7.27. The van der Waals surface area contributed by atoms with Gasteiger partial charge in [-0.15, -0.1) is 5.10 Å². The van der Waals surface area contributed by atoms with Gasteiger partial charge >= 0.3 is 0 Å². The van der Waals surface area contributed by atoms with E-state index in [2.05, 4.69) is 15.3 Å². The van der Waals surface area contributed by atoms with Crippen molar-refractivity contribution in [2.75, 3.05) is 0 Å². The Bertz CT molecular complexity index is 402. The van der Waals surface area contributed by atoms with Gasteiger partial charge in [-0.05, 0) is 6.92 Å². The second-order valence-corrected chi connectivity index (χ2v) is 3.47. The lowest BCUT2D eigenvalue weighted by Gasteiger charge is -2.10. The van der Waals surface area contributed by atoms with Crippen LogP contribution in [0, 0.1) is 0 Å². The van der Waals surface area contributed by atoms with Gasteiger partial charge in [0.15, 0.2) is 0 Å². The van der Waals surface area contributed by atoms with Crippen molar-refractivity contribution in [1.82, 2.24) is 24.5 Å². The maximum atomic E-state index is 5.81. The van der Waals surface area contributed by atoms with E-state index in [1.807, 2.05) is 17.7 Å². The van der Waals surface area contributed by atoms with Crippen LogP contribution in [-0.2, 0) is 13.1 Å². The molecule has 0 aliphatic rings. The predicted octanol–water partition coefficient (Wildman–Crippen LogP) is 0.194. The lowest BCUT2D eigenvalue weighted by Crippen LogP contribution is -2.14. The van der Waals surface area contributed by atoms with E-state index in [-0.39, 0.29) is 6.04 Å². The molecule has 0 bridgehead atoms. The Morgan fingerprint density at radius 1 is 1.47 bits per heavy atom. The second-order valence-electron chi connectivity index (χ2n) is 3.47. The van der Waals surface area contributed by atoms with Gasteiger partial charge in [-0.3, -0.25) is 4.68 Å². The molecule has 6 heteroatoms. The number of rotatable bonds is 4. The molecule has 2 rings (SSSR count). The number of aryl methyl sites for hydroxylation is 2. The Labute approximate surface area is 87.7 Å². The van der Waals surface area contributed by atoms with E-state index in [4.69, 9.17) is 5.73 Å². The maximum absolute atomic E-state index is 5.81. The monoisotopic (exact) mass is 206 g/mol. The molecular weight excluding hydrogens is 192 g/mol. The fourth-order valence-electron chi connectivity index (χ4n) is 1.46. The summed E-state index contributed by atoms with van der Waals surface area (Å²) < 4.78 is 3.82. The van der Waals surface area contributed by atoms with Crippen LogP contribution in [-0.4, -0.2) is 24.5 Å². The summed E-state index contributed by atoms with van der Waals surface area (Å²) in [6.45, 7) is 3.53. The minimum atomic E-state index is 0.00301. The highest BCUT2D eigenvalue weighted by Crippen LogP contribution is 2.08. The normalized spacial score (nSPS) is 12.9. The van der Waals surface area contributed by atoms with Gasteiger partial charge in [-0.1, -0.05) is 5.21 Å². The number of aromatic nitrogens is 5. The molecule has 0 radical (unpaired) electrons. The summed E-state index contributed by atoms with van der Waals surface area (Å²) in [6, 6.07) is 0.00301. The third-order valence-electron chi connectivity index (χ3n) is 2.25. The maximum Gasteiger partial charge on any atom is 0.0949 e. The smallest absolute Gasteiger partial charge is 0.0949 e. The van der Waals surface area contributed by atoms with Gasteiger partial charge in [-0.2, -0.15) is 0 Å². The van der Waals surface area contributed by atoms with Crippen LogP contribution in [0.2, 0.25) is 0 Å². The summed E-state index contributed by atoms with van der Waals surface area (Å²) in [6.07, 6.45) is 7.09. The minimum Gasteiger partial charge on any atom is -0.331 e. The molecule has 15 heavy (non-hydrogen) atoms. The number of imidazole rings is 1. The average Bonchev–Trinajstić information content (AvgIpc) is 2.86. The number of hydrogen-bond donors (Lipinski definition) is 1. The average molecular weight is 206 g/mol. The third kappa shape index (κ3) is 2.21. The molecule has 0 aliphatic carbocycles. The van der Waals surface area contributed by atoms with Gasteiger partial charge in [0.25, 0.3) is 0 Å². The summed E-state index contributed by atoms with van der Waals surface area (Å²) in [5, 5.41) is 7.63. The van der Waals surface area contributed by atoms with Crippen LogP contribution < -0.4 is 5.73 Å². The molecule has 0 aliphatic heterocycles. The van der Waals surface area contributed by atoms with Crippen LogP contribution in [0.1, 0.15) is 18.7 Å². The van der Waals surface area contributed by atoms with Crippen molar-refractivity contribution in [2.24, 2.45) is 5.73 Å². The van der Waals surface area contributed by atoms with Crippen LogP contribution in [0.4, 0.5) is 0 Å². The summed E-state index contributed by atoms with van der Waals surface area (Å²) in [4.78, 5) is 4.08. The second kappa shape index (κ2) is 4.22. The van der Waals surface area contributed by atoms with Gasteiger partial charge in [-0.25, -0.2) is 4.98 Å². The first-order valence-corrected chi connectivity index (χ1v) is 4.87. The Morgan fingerprint density at radius 3 is 3.00 bits per heavy atom. The summed E-state index contributed by atoms with van der Waals surface area (Å²) in [5.41, 5.74) is 6.85. The van der Waals surface area contributed by atoms with Crippen molar-refractivity contribution in [3.05, 3.63) is 30.6 Å². The largest absolute Gasteiger partial charge is 0.331 e. The quantitative estimate of drug-likeness (QED) is 0.775. The van der Waals surface area contributed by atoms with Gasteiger partial charge in [0, 0.05) is 25.0 Å². The Kier molecular flexibility index (Phi) is 2.77. The van der Waals surface area contributed by atoms with Crippen molar-refractivity contribution >= 4 is 0 Å². The van der Waals surface area contributed by atoms with Gasteiger partial charge in [0.05, 0.1) is 24.8 Å². The van der Waals surface area contributed by atoms with Crippen LogP contribution in [0.5, 0.6) is 0 Å². The van der Waals surface area contributed by atoms with E-state index >= 15 is 0 Å². The fraction of sp³-hybridized carbons (Fsp3) is 0.444. The summed E-state index contributed by atoms with van der Waals surface area (Å²) in [5.74, 6) is 0. The molecule has 2 aromatic rings. The number of hydrogen-bond acceptors (Lipinski definition) is 4. The van der Waals surface area contributed by atoms with Gasteiger partial charge in [0.2, 0.25) is 0 Å². The molecule has 0 unspecified atom stereocenters. The zero-order chi connectivity index (χ0) is 10.7. The Balaban J connectivity index is 2.02. The van der Waals surface area contributed by atoms with Crippen LogP contribution in [0.3, 0.4) is 0 Å². The summed E-state index contributed by atoms with van der Waals surface area (Å²) >= 11 is 0. The molecule has 80 valence electrons. The van der Waals surface area contributed by atoms with Crippen LogP contribution in [0.25, 0.3) is 0 Å². The van der Waals surface area contributed by atoms with Crippen molar-refractivity contribution < 1.29 is 0 Å². The van der Waals surface area contributed by atoms with Crippen LogP contribution in [0.15, 0.2) is 24.9 Å². The fourth-order valence-corrected chi connectivity index (χ4v) is 1.46. The van der Waals surface area contributed by atoms with E-state index < -0.39 is 0 Å². The highest BCUT2D eigenvalue weighted by molar-refractivity contribution is 5.02. The van der Waals surface area contributed by atoms with Crippen molar-refractivity contribution in [1.29, 1.82) is 0 Å². The SMILES string of the molecule is C[C@@H](N)c1cncn1CCn1ccnn1. The molecule has 2 heterocycles. The lowest BCUT2D eigenvalue weighted by atomic mass is 10.3. The van der Waals surface area contributed by atoms with E-state index in [1.54, 1.807) is 23.4 Å². The van der Waals surface area contributed by atoms with Crippen molar-refractivity contribution in [2.45, 2.75) is 26.1 Å². The summed E-state index contributed by atoms with van der Waals surface area (Å²) in [7, 11) is 0. The van der Waals surface area contributed by atoms with E-state index in [0.717, 1.165) is 18.8 Å². The van der Waals surface area contributed by atoms with Crippen LogP contribution >= 0.6 is 0 Å². The lowest BCUT2D eigenvalue weighted by molar-refractivity contribution is 0.502. The zero-order valence-corrected chi connectivity index (χ0v) is 8.61. The zero-order valence-electron chi connectivity index (χ0n) is 8.61. The first kappa shape index (κ1) is 9.85. The standard InChI is InChI=1S/C9H14N6/c1-8(10)9-6-11-7-14(9)4-5-15-3-2-12-13-15/h2-3,6-8H,4-5,10H2,1H3/t8-/m1/s1. The van der Waals surface area contributed by atoms with Gasteiger partial charge in [0.1, 0.15) is 0 Å². The molecular formula is C9H14N6. The number of nitrogens with zero attached hydrogens (tertiary/aromatic N) is 5. The van der Waals surface area contributed by atoms with Gasteiger partial charge < -0.3 is 10.3 Å². The molecule has 0 aromatic carbocycles. The molecule has 2 N–H and O–H groups in total. The third-order valence-corrected chi connectivity index (χ3v) is 2.25. The van der Waals surface area contributed by atoms with E-state index in [1.165, 1.54) is 0 Å². The highest BCUT2D eigenvalue weighted by atomic mass is 15.4. The topological polar surface area (TPSA) is 74.5 Å². The van der Waals surface area contributed by atoms with Crippen molar-refractivity contribution in [3.63, 3.8) is 0 Å². The van der Waals surface area contributed by atoms with E-state index in [9.17, 15) is 0 Å². The molecule has 6 nitrogen and oxygen atoms in total. The molecule has 0 fully saturated rings. The Hall–Kier alpha value is -1.69. The molecule has 0 spiro atoms. The predicted molar refractivity (Wildman–Crippen MR) is 54.9 cm³/mol. The molecule has 0 saturated heterocycles. The van der Waals surface area contributed by atoms with Crippen molar-refractivity contribution in [3.8, 4) is 0 Å². The minimum absolute atomic E-state index is 0.00301. The van der Waals surface area contributed by atoms with E-state index in [0.29, 0.717) is 0 Å². The number of nitrogens with two attached hydrogens (primary N) is 1. The molecule has 2 aromatic heterocycles. The molecule has 0 saturated carbocycles.